The van der Waals surface area contributed by atoms with Crippen molar-refractivity contribution in [3.05, 3.63) is 29.3 Å². The predicted molar refractivity (Wildman–Crippen MR) is 65.1 cm³/mol. The number of fused-ring (bicyclic) bond motifs is 1. The molecular formula is C13H13NO5. The summed E-state index contributed by atoms with van der Waals surface area (Å²) in [5.74, 6) is -1.08. The Morgan fingerprint density at radius 1 is 1.16 bits per heavy atom. The summed E-state index contributed by atoms with van der Waals surface area (Å²) in [5, 5.41) is 2.13. The van der Waals surface area contributed by atoms with Gasteiger partial charge in [0.25, 0.3) is 11.8 Å². The van der Waals surface area contributed by atoms with E-state index in [1.54, 1.807) is 20.8 Å². The van der Waals surface area contributed by atoms with Crippen molar-refractivity contribution in [1.29, 1.82) is 0 Å². The summed E-state index contributed by atoms with van der Waals surface area (Å²) in [7, 11) is 0. The van der Waals surface area contributed by atoms with Crippen molar-refractivity contribution >= 4 is 18.0 Å². The molecule has 0 unspecified atom stereocenters. The fraction of sp³-hybridized carbons (Fsp3) is 0.308. The Morgan fingerprint density at radius 2 is 1.84 bits per heavy atom. The van der Waals surface area contributed by atoms with Crippen LogP contribution in [0.25, 0.3) is 0 Å². The Kier molecular flexibility index (Phi) is 3.01. The van der Waals surface area contributed by atoms with E-state index >= 15 is 0 Å². The number of carbonyl (C=O) groups is 3. The molecule has 0 bridgehead atoms. The maximum atomic E-state index is 11.6. The second-order valence-electron chi connectivity index (χ2n) is 5.03. The third-order valence-corrected chi connectivity index (χ3v) is 2.31. The molecule has 0 aromatic heterocycles. The van der Waals surface area contributed by atoms with Gasteiger partial charge in [-0.15, -0.1) is 0 Å². The molecular weight excluding hydrogens is 250 g/mol. The number of benzene rings is 1. The summed E-state index contributed by atoms with van der Waals surface area (Å²) in [6, 6.07) is 4.44. The van der Waals surface area contributed by atoms with Gasteiger partial charge in [0.1, 0.15) is 11.4 Å². The first-order valence-electron chi connectivity index (χ1n) is 5.67. The van der Waals surface area contributed by atoms with Crippen LogP contribution in [0, 0.1) is 0 Å². The summed E-state index contributed by atoms with van der Waals surface area (Å²) in [4.78, 5) is 34.6. The van der Waals surface area contributed by atoms with Crippen LogP contribution in [-0.4, -0.2) is 23.6 Å². The lowest BCUT2D eigenvalue weighted by Gasteiger charge is -2.19. The summed E-state index contributed by atoms with van der Waals surface area (Å²) in [6.07, 6.45) is -0.923. The molecule has 1 aromatic rings. The van der Waals surface area contributed by atoms with Crippen LogP contribution in [0.3, 0.4) is 0 Å². The minimum Gasteiger partial charge on any atom is -0.428 e. The number of hydrogen-bond donors (Lipinski definition) is 1. The van der Waals surface area contributed by atoms with Crippen LogP contribution < -0.4 is 10.1 Å². The lowest BCUT2D eigenvalue weighted by atomic mass is 10.1. The van der Waals surface area contributed by atoms with Crippen LogP contribution in [0.5, 0.6) is 5.75 Å². The first-order chi connectivity index (χ1) is 8.78. The van der Waals surface area contributed by atoms with Gasteiger partial charge in [-0.3, -0.25) is 14.9 Å². The minimum absolute atomic E-state index is 0.00935. The maximum Gasteiger partial charge on any atom is 0.514 e. The largest absolute Gasteiger partial charge is 0.514 e. The van der Waals surface area contributed by atoms with Crippen LogP contribution in [0.4, 0.5) is 4.79 Å². The van der Waals surface area contributed by atoms with Gasteiger partial charge in [-0.05, 0) is 32.9 Å². The van der Waals surface area contributed by atoms with E-state index < -0.39 is 23.6 Å². The van der Waals surface area contributed by atoms with E-state index in [1.165, 1.54) is 18.2 Å². The molecule has 1 aliphatic heterocycles. The first-order valence-corrected chi connectivity index (χ1v) is 5.67. The number of rotatable bonds is 1. The molecule has 19 heavy (non-hydrogen) atoms. The van der Waals surface area contributed by atoms with Gasteiger partial charge in [0.15, 0.2) is 0 Å². The third kappa shape index (κ3) is 2.73. The van der Waals surface area contributed by atoms with Gasteiger partial charge >= 0.3 is 6.16 Å². The van der Waals surface area contributed by atoms with E-state index in [4.69, 9.17) is 9.47 Å². The van der Waals surface area contributed by atoms with Crippen molar-refractivity contribution in [2.75, 3.05) is 0 Å². The molecule has 1 heterocycles. The monoisotopic (exact) mass is 263 g/mol. The highest BCUT2D eigenvalue weighted by Gasteiger charge is 2.31. The van der Waals surface area contributed by atoms with E-state index in [2.05, 4.69) is 5.32 Å². The van der Waals surface area contributed by atoms with E-state index in [-0.39, 0.29) is 16.9 Å². The molecule has 1 N–H and O–H groups in total. The van der Waals surface area contributed by atoms with Gasteiger partial charge in [-0.1, -0.05) is 6.07 Å². The lowest BCUT2D eigenvalue weighted by molar-refractivity contribution is 0.0205. The highest BCUT2D eigenvalue weighted by molar-refractivity contribution is 6.22. The van der Waals surface area contributed by atoms with Crippen molar-refractivity contribution in [2.45, 2.75) is 26.4 Å². The predicted octanol–water partition coefficient (Wildman–Crippen LogP) is 1.88. The zero-order valence-corrected chi connectivity index (χ0v) is 10.8. The zero-order chi connectivity index (χ0) is 14.2. The van der Waals surface area contributed by atoms with Crippen molar-refractivity contribution in [3.8, 4) is 5.75 Å². The molecule has 2 amide bonds. The molecule has 2 rings (SSSR count). The molecule has 6 heteroatoms. The molecule has 0 fully saturated rings. The highest BCUT2D eigenvalue weighted by Crippen LogP contribution is 2.27. The summed E-state index contributed by atoms with van der Waals surface area (Å²) in [5.41, 5.74) is -0.461. The standard InChI is InChI=1S/C13H13NO5/c1-13(2,3)19-12(17)18-8-6-4-5-7-9(8)11(16)14-10(7)15/h4-6H,1-3H3,(H,14,15,16). The third-order valence-electron chi connectivity index (χ3n) is 2.31. The maximum absolute atomic E-state index is 11.6. The average Bonchev–Trinajstić information content (AvgIpc) is 2.53. The van der Waals surface area contributed by atoms with E-state index in [0.29, 0.717) is 0 Å². The topological polar surface area (TPSA) is 81.7 Å². The minimum atomic E-state index is -0.923. The quantitative estimate of drug-likeness (QED) is 0.475. The zero-order valence-electron chi connectivity index (χ0n) is 10.8. The van der Waals surface area contributed by atoms with Crippen LogP contribution in [0.2, 0.25) is 0 Å². The summed E-state index contributed by atoms with van der Waals surface area (Å²) < 4.78 is 9.96. The molecule has 6 nitrogen and oxygen atoms in total. The molecule has 0 radical (unpaired) electrons. The molecule has 1 aromatic carbocycles. The van der Waals surface area contributed by atoms with Gasteiger partial charge < -0.3 is 9.47 Å². The Morgan fingerprint density at radius 3 is 2.47 bits per heavy atom. The molecule has 100 valence electrons. The van der Waals surface area contributed by atoms with Gasteiger partial charge in [0.2, 0.25) is 0 Å². The smallest absolute Gasteiger partial charge is 0.428 e. The second kappa shape index (κ2) is 4.38. The molecule has 0 saturated heterocycles. The van der Waals surface area contributed by atoms with Gasteiger partial charge in [0, 0.05) is 0 Å². The van der Waals surface area contributed by atoms with Crippen LogP contribution in [0.1, 0.15) is 41.5 Å². The SMILES string of the molecule is CC(C)(C)OC(=O)Oc1cccc2c1C(=O)NC2=O. The molecule has 1 aliphatic rings. The van der Waals surface area contributed by atoms with E-state index in [9.17, 15) is 14.4 Å². The fourth-order valence-electron chi connectivity index (χ4n) is 1.63. The Bertz CT molecular complexity index is 571. The number of carbonyl (C=O) groups excluding carboxylic acids is 3. The number of amides is 2. The number of hydrogen-bond acceptors (Lipinski definition) is 5. The van der Waals surface area contributed by atoms with Gasteiger partial charge in [0.05, 0.1) is 11.1 Å². The molecule has 0 atom stereocenters. The Hall–Kier alpha value is -2.37. The first kappa shape index (κ1) is 13.1. The van der Waals surface area contributed by atoms with Crippen molar-refractivity contribution < 1.29 is 23.9 Å². The van der Waals surface area contributed by atoms with Crippen molar-refractivity contribution in [1.82, 2.24) is 5.32 Å². The van der Waals surface area contributed by atoms with Gasteiger partial charge in [-0.2, -0.15) is 0 Å². The van der Waals surface area contributed by atoms with Crippen LogP contribution in [-0.2, 0) is 4.74 Å². The number of ether oxygens (including phenoxy) is 2. The molecule has 0 aliphatic carbocycles. The fourth-order valence-corrected chi connectivity index (χ4v) is 1.63. The van der Waals surface area contributed by atoms with Crippen molar-refractivity contribution in [3.63, 3.8) is 0 Å². The summed E-state index contributed by atoms with van der Waals surface area (Å²) >= 11 is 0. The molecule has 0 spiro atoms. The van der Waals surface area contributed by atoms with E-state index in [0.717, 1.165) is 0 Å². The summed E-state index contributed by atoms with van der Waals surface area (Å²) in [6.45, 7) is 5.08. The molecule has 0 saturated carbocycles. The number of imide groups is 1. The lowest BCUT2D eigenvalue weighted by Crippen LogP contribution is -2.26. The second-order valence-corrected chi connectivity index (χ2v) is 5.03. The Balaban J connectivity index is 2.26. The normalized spacial score (nSPS) is 13.8. The average molecular weight is 263 g/mol. The van der Waals surface area contributed by atoms with Crippen LogP contribution in [0.15, 0.2) is 18.2 Å². The Labute approximate surface area is 109 Å². The van der Waals surface area contributed by atoms with Crippen molar-refractivity contribution in [2.24, 2.45) is 0 Å². The number of nitrogens with one attached hydrogen (secondary N) is 1. The van der Waals surface area contributed by atoms with Gasteiger partial charge in [-0.25, -0.2) is 4.79 Å². The van der Waals surface area contributed by atoms with E-state index in [1.807, 2.05) is 0 Å². The van der Waals surface area contributed by atoms with Crippen LogP contribution >= 0.6 is 0 Å². The highest BCUT2D eigenvalue weighted by atomic mass is 16.7.